The predicted molar refractivity (Wildman–Crippen MR) is 80.8 cm³/mol. The summed E-state index contributed by atoms with van der Waals surface area (Å²) < 4.78 is 33.5. The molecule has 2 rings (SSSR count). The fourth-order valence-corrected chi connectivity index (χ4v) is 4.67. The maximum absolute atomic E-state index is 12.4. The molecule has 0 bridgehead atoms. The predicted octanol–water partition coefficient (Wildman–Crippen LogP) is 1.75. The molecule has 0 spiro atoms. The van der Waals surface area contributed by atoms with Crippen LogP contribution in [0.5, 0.6) is 0 Å². The average Bonchev–Trinajstić information content (AvgIpc) is 2.91. The molecule has 1 saturated heterocycles. The van der Waals surface area contributed by atoms with Gasteiger partial charge in [-0.2, -0.15) is 0 Å². The van der Waals surface area contributed by atoms with Gasteiger partial charge in [-0.25, -0.2) is 13.1 Å². The molecule has 0 aromatic heterocycles. The largest absolute Gasteiger partial charge is 0.377 e. The van der Waals surface area contributed by atoms with Gasteiger partial charge in [0.15, 0.2) is 0 Å². The van der Waals surface area contributed by atoms with Crippen molar-refractivity contribution in [1.29, 1.82) is 0 Å². The Hall–Kier alpha value is -0.470. The zero-order valence-corrected chi connectivity index (χ0v) is 13.7. The number of benzene rings is 1. The minimum atomic E-state index is -3.57. The van der Waals surface area contributed by atoms with Crippen molar-refractivity contribution < 1.29 is 13.2 Å². The van der Waals surface area contributed by atoms with Crippen molar-refractivity contribution in [3.63, 3.8) is 0 Å². The molecule has 0 saturated carbocycles. The first-order chi connectivity index (χ1) is 9.44. The third-order valence-electron chi connectivity index (χ3n) is 3.39. The van der Waals surface area contributed by atoms with E-state index in [2.05, 4.69) is 20.7 Å². The highest BCUT2D eigenvalue weighted by Gasteiger charge is 2.27. The third-order valence-corrected chi connectivity index (χ3v) is 5.92. The van der Waals surface area contributed by atoms with Gasteiger partial charge in [-0.1, -0.05) is 6.07 Å². The molecule has 2 atom stereocenters. The summed E-state index contributed by atoms with van der Waals surface area (Å²) in [5, 5.41) is 0. The third kappa shape index (κ3) is 3.59. The zero-order chi connectivity index (χ0) is 14.8. The van der Waals surface area contributed by atoms with Crippen molar-refractivity contribution in [2.24, 2.45) is 5.73 Å². The van der Waals surface area contributed by atoms with Crippen LogP contribution in [0.15, 0.2) is 27.6 Å². The van der Waals surface area contributed by atoms with Crippen molar-refractivity contribution in [2.75, 3.05) is 6.61 Å². The van der Waals surface area contributed by atoms with E-state index in [1.54, 1.807) is 18.2 Å². The molecule has 2 unspecified atom stereocenters. The molecule has 3 N–H and O–H groups in total. The van der Waals surface area contributed by atoms with Crippen molar-refractivity contribution in [1.82, 2.24) is 4.72 Å². The van der Waals surface area contributed by atoms with Crippen molar-refractivity contribution in [2.45, 2.75) is 43.4 Å². The van der Waals surface area contributed by atoms with E-state index in [4.69, 9.17) is 10.5 Å². The lowest BCUT2D eigenvalue weighted by molar-refractivity contribution is 0.0902. The highest BCUT2D eigenvalue weighted by atomic mass is 79.9. The molecular formula is C13H19BrN2O3S. The van der Waals surface area contributed by atoms with E-state index in [9.17, 15) is 8.42 Å². The number of hydrogen-bond donors (Lipinski definition) is 2. The molecule has 112 valence electrons. The molecule has 7 heteroatoms. The normalized spacial score (nSPS) is 21.1. The minimum absolute atomic E-state index is 0.0492. The smallest absolute Gasteiger partial charge is 0.242 e. The summed E-state index contributed by atoms with van der Waals surface area (Å²) >= 11 is 3.29. The number of rotatable bonds is 5. The van der Waals surface area contributed by atoms with Gasteiger partial charge in [0.05, 0.1) is 11.0 Å². The number of halogens is 1. The molecular weight excluding hydrogens is 344 g/mol. The number of nitrogens with one attached hydrogen (secondary N) is 1. The molecule has 1 aliphatic rings. The summed E-state index contributed by atoms with van der Waals surface area (Å²) in [6.07, 6.45) is 1.81. The highest BCUT2D eigenvalue weighted by molar-refractivity contribution is 9.10. The monoisotopic (exact) mass is 362 g/mol. The molecule has 20 heavy (non-hydrogen) atoms. The lowest BCUT2D eigenvalue weighted by atomic mass is 10.1. The molecule has 5 nitrogen and oxygen atoms in total. The van der Waals surface area contributed by atoms with Gasteiger partial charge < -0.3 is 10.5 Å². The Morgan fingerprint density at radius 3 is 2.85 bits per heavy atom. The second kappa shape index (κ2) is 6.53. The van der Waals surface area contributed by atoms with Crippen LogP contribution in [0, 0.1) is 0 Å². The topological polar surface area (TPSA) is 81.4 Å². The molecule has 1 fully saturated rings. The molecule has 1 aromatic carbocycles. The lowest BCUT2D eigenvalue weighted by Crippen LogP contribution is -2.40. The average molecular weight is 363 g/mol. The lowest BCUT2D eigenvalue weighted by Gasteiger charge is -2.20. The number of sulfonamides is 1. The van der Waals surface area contributed by atoms with E-state index in [1.807, 2.05) is 6.92 Å². The summed E-state index contributed by atoms with van der Waals surface area (Å²) in [5.74, 6) is 0. The summed E-state index contributed by atoms with van der Waals surface area (Å²) in [6.45, 7) is 2.90. The Labute approximate surface area is 128 Å². The Kier molecular flexibility index (Phi) is 5.19. The van der Waals surface area contributed by atoms with Gasteiger partial charge >= 0.3 is 0 Å². The second-order valence-electron chi connectivity index (χ2n) is 4.93. The van der Waals surface area contributed by atoms with E-state index in [1.165, 1.54) is 0 Å². The van der Waals surface area contributed by atoms with Gasteiger partial charge in [-0.05, 0) is 53.4 Å². The Bertz CT molecular complexity index is 571. The summed E-state index contributed by atoms with van der Waals surface area (Å²) in [6, 6.07) is 4.77. The van der Waals surface area contributed by atoms with Crippen LogP contribution < -0.4 is 10.5 Å². The Morgan fingerprint density at radius 2 is 2.30 bits per heavy atom. The standard InChI is InChI=1S/C13H19BrN2O3S/c1-9(12-3-2-6-19-12)16-20(17,18)13-5-4-10(8-15)7-11(13)14/h4-5,7,9,12,16H,2-3,6,8,15H2,1H3. The van der Waals surface area contributed by atoms with Crippen molar-refractivity contribution >= 4 is 26.0 Å². The van der Waals surface area contributed by atoms with Crippen molar-refractivity contribution in [3.05, 3.63) is 28.2 Å². The van der Waals surface area contributed by atoms with Gasteiger partial charge in [0, 0.05) is 23.7 Å². The molecule has 1 aliphatic heterocycles. The zero-order valence-electron chi connectivity index (χ0n) is 11.3. The molecule has 0 aliphatic carbocycles. The first-order valence-electron chi connectivity index (χ1n) is 6.56. The van der Waals surface area contributed by atoms with Crippen LogP contribution in [0.4, 0.5) is 0 Å². The SMILES string of the molecule is CC(NS(=O)(=O)c1ccc(CN)cc1Br)C1CCCO1. The fourth-order valence-electron chi connectivity index (χ4n) is 2.27. The van der Waals surface area contributed by atoms with Crippen LogP contribution in [0.1, 0.15) is 25.3 Å². The second-order valence-corrected chi connectivity index (χ2v) is 7.47. The van der Waals surface area contributed by atoms with Gasteiger partial charge in [0.1, 0.15) is 0 Å². The van der Waals surface area contributed by atoms with E-state index in [0.29, 0.717) is 17.6 Å². The molecule has 0 amide bonds. The van der Waals surface area contributed by atoms with Crippen LogP contribution >= 0.6 is 15.9 Å². The van der Waals surface area contributed by atoms with E-state index < -0.39 is 10.0 Å². The Balaban J connectivity index is 2.17. The number of nitrogens with two attached hydrogens (primary N) is 1. The van der Waals surface area contributed by atoms with Crippen LogP contribution in [0.2, 0.25) is 0 Å². The van der Waals surface area contributed by atoms with E-state index in [-0.39, 0.29) is 17.0 Å². The van der Waals surface area contributed by atoms with Gasteiger partial charge in [0.2, 0.25) is 10.0 Å². The number of ether oxygens (including phenoxy) is 1. The number of hydrogen-bond acceptors (Lipinski definition) is 4. The van der Waals surface area contributed by atoms with Crippen LogP contribution in [-0.4, -0.2) is 27.2 Å². The van der Waals surface area contributed by atoms with Gasteiger partial charge in [-0.15, -0.1) is 0 Å². The van der Waals surface area contributed by atoms with Crippen LogP contribution in [0.25, 0.3) is 0 Å². The van der Waals surface area contributed by atoms with Gasteiger partial charge in [-0.3, -0.25) is 0 Å². The summed E-state index contributed by atoms with van der Waals surface area (Å²) in [4.78, 5) is 0.222. The van der Waals surface area contributed by atoms with Crippen molar-refractivity contribution in [3.8, 4) is 0 Å². The Morgan fingerprint density at radius 1 is 1.55 bits per heavy atom. The van der Waals surface area contributed by atoms with Gasteiger partial charge in [0.25, 0.3) is 0 Å². The highest BCUT2D eigenvalue weighted by Crippen LogP contribution is 2.24. The molecule has 1 heterocycles. The quantitative estimate of drug-likeness (QED) is 0.835. The van der Waals surface area contributed by atoms with Crippen LogP contribution in [0.3, 0.4) is 0 Å². The fraction of sp³-hybridized carbons (Fsp3) is 0.538. The van der Waals surface area contributed by atoms with Crippen LogP contribution in [-0.2, 0) is 21.3 Å². The molecule has 1 aromatic rings. The van der Waals surface area contributed by atoms with E-state index >= 15 is 0 Å². The molecule has 0 radical (unpaired) electrons. The first-order valence-corrected chi connectivity index (χ1v) is 8.84. The summed E-state index contributed by atoms with van der Waals surface area (Å²) in [7, 11) is -3.57. The minimum Gasteiger partial charge on any atom is -0.377 e. The van der Waals surface area contributed by atoms with E-state index in [0.717, 1.165) is 18.4 Å². The maximum atomic E-state index is 12.4. The summed E-state index contributed by atoms with van der Waals surface area (Å²) in [5.41, 5.74) is 6.42. The maximum Gasteiger partial charge on any atom is 0.242 e. The first kappa shape index (κ1) is 15.9.